The van der Waals surface area contributed by atoms with Crippen molar-refractivity contribution in [2.75, 3.05) is 6.54 Å². The molecule has 100 valence electrons. The van der Waals surface area contributed by atoms with E-state index < -0.39 is 0 Å². The highest BCUT2D eigenvalue weighted by atomic mass is 35.5. The van der Waals surface area contributed by atoms with Gasteiger partial charge in [0.15, 0.2) is 0 Å². The first-order valence-electron chi connectivity index (χ1n) is 6.46. The van der Waals surface area contributed by atoms with Gasteiger partial charge in [-0.25, -0.2) is 4.39 Å². The Hall–Kier alpha value is -1.38. The Morgan fingerprint density at radius 1 is 1.16 bits per heavy atom. The first kappa shape index (κ1) is 14.0. The van der Waals surface area contributed by atoms with E-state index in [1.54, 1.807) is 12.1 Å². The van der Waals surface area contributed by atoms with Gasteiger partial charge in [-0.3, -0.25) is 0 Å². The van der Waals surface area contributed by atoms with Crippen molar-refractivity contribution in [3.63, 3.8) is 0 Å². The van der Waals surface area contributed by atoms with Crippen LogP contribution >= 0.6 is 11.6 Å². The lowest BCUT2D eigenvalue weighted by Crippen LogP contribution is -2.14. The van der Waals surface area contributed by atoms with Crippen molar-refractivity contribution in [1.29, 1.82) is 0 Å². The van der Waals surface area contributed by atoms with Crippen LogP contribution in [0.1, 0.15) is 18.9 Å². The second kappa shape index (κ2) is 6.69. The highest BCUT2D eigenvalue weighted by molar-refractivity contribution is 6.31. The molecule has 0 saturated carbocycles. The maximum atomic E-state index is 13.8. The standard InChI is InChI=1S/C16H17ClFN/c1-2-9-19-11-13-10-12(7-8-15(13)17)14-5-3-4-6-16(14)18/h3-8,10,19H,2,9,11H2,1H3. The van der Waals surface area contributed by atoms with Crippen LogP contribution in [0.15, 0.2) is 42.5 Å². The molecule has 2 rings (SSSR count). The second-order valence-corrected chi connectivity index (χ2v) is 4.87. The van der Waals surface area contributed by atoms with Gasteiger partial charge in [0.25, 0.3) is 0 Å². The van der Waals surface area contributed by atoms with E-state index in [0.717, 1.165) is 24.1 Å². The molecule has 0 atom stereocenters. The minimum Gasteiger partial charge on any atom is -0.313 e. The van der Waals surface area contributed by atoms with E-state index in [2.05, 4.69) is 12.2 Å². The number of hydrogen-bond donors (Lipinski definition) is 1. The van der Waals surface area contributed by atoms with Crippen LogP contribution < -0.4 is 5.32 Å². The zero-order chi connectivity index (χ0) is 13.7. The lowest BCUT2D eigenvalue weighted by molar-refractivity contribution is 0.631. The largest absolute Gasteiger partial charge is 0.313 e. The van der Waals surface area contributed by atoms with E-state index in [0.29, 0.717) is 17.1 Å². The van der Waals surface area contributed by atoms with Gasteiger partial charge in [-0.05, 0) is 42.3 Å². The molecule has 0 spiro atoms. The van der Waals surface area contributed by atoms with Crippen molar-refractivity contribution < 1.29 is 4.39 Å². The molecule has 0 radical (unpaired) electrons. The summed E-state index contributed by atoms with van der Waals surface area (Å²) in [6.45, 7) is 3.76. The van der Waals surface area contributed by atoms with Gasteiger partial charge in [0, 0.05) is 17.1 Å². The molecular weight excluding hydrogens is 261 g/mol. The molecule has 0 saturated heterocycles. The third-order valence-electron chi connectivity index (χ3n) is 2.97. The molecule has 19 heavy (non-hydrogen) atoms. The Bertz CT molecular complexity index is 554. The quantitative estimate of drug-likeness (QED) is 0.785. The van der Waals surface area contributed by atoms with E-state index >= 15 is 0 Å². The third-order valence-corrected chi connectivity index (χ3v) is 3.34. The minimum atomic E-state index is -0.211. The predicted octanol–water partition coefficient (Wildman–Crippen LogP) is 4.65. The van der Waals surface area contributed by atoms with Crippen LogP contribution in [0, 0.1) is 5.82 Å². The second-order valence-electron chi connectivity index (χ2n) is 4.46. The van der Waals surface area contributed by atoms with Gasteiger partial charge in [0.2, 0.25) is 0 Å². The maximum Gasteiger partial charge on any atom is 0.131 e. The molecule has 1 N–H and O–H groups in total. The number of rotatable bonds is 5. The summed E-state index contributed by atoms with van der Waals surface area (Å²) >= 11 is 6.17. The Morgan fingerprint density at radius 3 is 2.68 bits per heavy atom. The van der Waals surface area contributed by atoms with Gasteiger partial charge < -0.3 is 5.32 Å². The number of benzene rings is 2. The summed E-state index contributed by atoms with van der Waals surface area (Å²) in [5.41, 5.74) is 2.46. The highest BCUT2D eigenvalue weighted by Crippen LogP contribution is 2.27. The Labute approximate surface area is 118 Å². The fraction of sp³-hybridized carbons (Fsp3) is 0.250. The normalized spacial score (nSPS) is 10.7. The molecule has 3 heteroatoms. The Balaban J connectivity index is 2.28. The molecule has 0 amide bonds. The van der Waals surface area contributed by atoms with Crippen molar-refractivity contribution in [3.8, 4) is 11.1 Å². The summed E-state index contributed by atoms with van der Waals surface area (Å²) in [5.74, 6) is -0.211. The first-order valence-corrected chi connectivity index (χ1v) is 6.84. The van der Waals surface area contributed by atoms with E-state index in [1.807, 2.05) is 24.3 Å². The van der Waals surface area contributed by atoms with Crippen molar-refractivity contribution in [3.05, 3.63) is 58.9 Å². The summed E-state index contributed by atoms with van der Waals surface area (Å²) in [6, 6.07) is 12.4. The maximum absolute atomic E-state index is 13.8. The smallest absolute Gasteiger partial charge is 0.131 e. The molecule has 0 unspecified atom stereocenters. The minimum absolute atomic E-state index is 0.211. The van der Waals surface area contributed by atoms with Crippen molar-refractivity contribution in [2.24, 2.45) is 0 Å². The van der Waals surface area contributed by atoms with E-state index in [9.17, 15) is 4.39 Å². The van der Waals surface area contributed by atoms with Gasteiger partial charge in [0.1, 0.15) is 5.82 Å². The zero-order valence-electron chi connectivity index (χ0n) is 10.9. The molecule has 0 aliphatic rings. The van der Waals surface area contributed by atoms with Crippen molar-refractivity contribution >= 4 is 11.6 Å². The number of nitrogens with one attached hydrogen (secondary N) is 1. The van der Waals surface area contributed by atoms with Crippen LogP contribution in [0.4, 0.5) is 4.39 Å². The van der Waals surface area contributed by atoms with Crippen LogP contribution in [0.5, 0.6) is 0 Å². The Kier molecular flexibility index (Phi) is 4.94. The lowest BCUT2D eigenvalue weighted by atomic mass is 10.0. The highest BCUT2D eigenvalue weighted by Gasteiger charge is 2.07. The summed E-state index contributed by atoms with van der Waals surface area (Å²) in [6.07, 6.45) is 1.07. The van der Waals surface area contributed by atoms with Gasteiger partial charge in [-0.15, -0.1) is 0 Å². The van der Waals surface area contributed by atoms with Crippen molar-refractivity contribution in [2.45, 2.75) is 19.9 Å². The van der Waals surface area contributed by atoms with Crippen molar-refractivity contribution in [1.82, 2.24) is 5.32 Å². The van der Waals surface area contributed by atoms with E-state index in [-0.39, 0.29) is 5.82 Å². The summed E-state index contributed by atoms with van der Waals surface area (Å²) in [4.78, 5) is 0. The SMILES string of the molecule is CCCNCc1cc(-c2ccccc2F)ccc1Cl. The Morgan fingerprint density at radius 2 is 1.95 bits per heavy atom. The summed E-state index contributed by atoms with van der Waals surface area (Å²) < 4.78 is 13.8. The van der Waals surface area contributed by atoms with Crippen LogP contribution in [-0.4, -0.2) is 6.54 Å². The summed E-state index contributed by atoms with van der Waals surface area (Å²) in [7, 11) is 0. The lowest BCUT2D eigenvalue weighted by Gasteiger charge is -2.09. The van der Waals surface area contributed by atoms with Gasteiger partial charge >= 0.3 is 0 Å². The van der Waals surface area contributed by atoms with E-state index in [1.165, 1.54) is 6.07 Å². The molecule has 0 bridgehead atoms. The molecule has 1 nitrogen and oxygen atoms in total. The first-order chi connectivity index (χ1) is 9.22. The van der Waals surface area contributed by atoms with Crippen LogP contribution in [-0.2, 0) is 6.54 Å². The van der Waals surface area contributed by atoms with Crippen LogP contribution in [0.2, 0.25) is 5.02 Å². The number of hydrogen-bond acceptors (Lipinski definition) is 1. The molecule has 0 fully saturated rings. The van der Waals surface area contributed by atoms with Crippen LogP contribution in [0.3, 0.4) is 0 Å². The molecule has 0 aliphatic carbocycles. The third kappa shape index (κ3) is 3.55. The van der Waals surface area contributed by atoms with Gasteiger partial charge in [-0.2, -0.15) is 0 Å². The summed E-state index contributed by atoms with van der Waals surface area (Å²) in [5, 5.41) is 4.02. The molecule has 0 aliphatic heterocycles. The average Bonchev–Trinajstić information content (AvgIpc) is 2.42. The van der Waals surface area contributed by atoms with Gasteiger partial charge in [-0.1, -0.05) is 42.8 Å². The topological polar surface area (TPSA) is 12.0 Å². The molecule has 0 aromatic heterocycles. The van der Waals surface area contributed by atoms with E-state index in [4.69, 9.17) is 11.6 Å². The number of halogens is 2. The van der Waals surface area contributed by atoms with Crippen LogP contribution in [0.25, 0.3) is 11.1 Å². The molecule has 2 aromatic rings. The fourth-order valence-corrected chi connectivity index (χ4v) is 2.16. The van der Waals surface area contributed by atoms with Gasteiger partial charge in [0.05, 0.1) is 0 Å². The zero-order valence-corrected chi connectivity index (χ0v) is 11.7. The molecular formula is C16H17ClFN. The fourth-order valence-electron chi connectivity index (χ4n) is 1.97. The average molecular weight is 278 g/mol. The monoisotopic (exact) mass is 277 g/mol. The molecule has 0 heterocycles. The molecule has 2 aromatic carbocycles. The predicted molar refractivity (Wildman–Crippen MR) is 78.8 cm³/mol.